The fourth-order valence-corrected chi connectivity index (χ4v) is 2.55. The Hall–Kier alpha value is -1.81. The molecule has 21 heavy (non-hydrogen) atoms. The van der Waals surface area contributed by atoms with Crippen molar-refractivity contribution in [1.82, 2.24) is 4.90 Å². The van der Waals surface area contributed by atoms with E-state index in [9.17, 15) is 4.79 Å². The van der Waals surface area contributed by atoms with E-state index < -0.39 is 0 Å². The van der Waals surface area contributed by atoms with E-state index in [-0.39, 0.29) is 5.91 Å². The maximum atomic E-state index is 12.4. The lowest BCUT2D eigenvalue weighted by atomic mass is 10.1. The zero-order valence-electron chi connectivity index (χ0n) is 12.2. The molecule has 0 aliphatic carbocycles. The van der Waals surface area contributed by atoms with Gasteiger partial charge in [0, 0.05) is 19.2 Å². The molecule has 0 unspecified atom stereocenters. The summed E-state index contributed by atoms with van der Waals surface area (Å²) in [4.78, 5) is 14.1. The van der Waals surface area contributed by atoms with Gasteiger partial charge in [-0.25, -0.2) is 0 Å². The Bertz CT molecular complexity index is 613. The summed E-state index contributed by atoms with van der Waals surface area (Å²) in [6.07, 6.45) is 0. The number of carbonyl (C=O) groups excluding carboxylic acids is 1. The molecule has 0 heterocycles. The summed E-state index contributed by atoms with van der Waals surface area (Å²) >= 11 is 3.44. The number of hydrogen-bond acceptors (Lipinski definition) is 2. The van der Waals surface area contributed by atoms with Crippen molar-refractivity contribution in [2.24, 2.45) is 0 Å². The second-order valence-electron chi connectivity index (χ2n) is 4.73. The minimum absolute atomic E-state index is 0.0115. The van der Waals surface area contributed by atoms with Crippen LogP contribution in [0.5, 0.6) is 5.75 Å². The van der Waals surface area contributed by atoms with Crippen LogP contribution in [0.4, 0.5) is 0 Å². The topological polar surface area (TPSA) is 29.5 Å². The largest absolute Gasteiger partial charge is 0.493 e. The quantitative estimate of drug-likeness (QED) is 0.814. The zero-order valence-corrected chi connectivity index (χ0v) is 13.8. The molecule has 4 heteroatoms. The van der Waals surface area contributed by atoms with Crippen LogP contribution in [0.1, 0.15) is 22.8 Å². The molecule has 1 amide bonds. The third-order valence-electron chi connectivity index (χ3n) is 3.09. The van der Waals surface area contributed by atoms with Crippen LogP contribution in [-0.2, 0) is 6.54 Å². The Balaban J connectivity index is 2.10. The van der Waals surface area contributed by atoms with Crippen LogP contribution in [0, 0.1) is 0 Å². The molecule has 0 bridgehead atoms. The van der Waals surface area contributed by atoms with Crippen molar-refractivity contribution in [3.05, 3.63) is 64.1 Å². The lowest BCUT2D eigenvalue weighted by molar-refractivity contribution is 0.0785. The molecule has 3 nitrogen and oxygen atoms in total. The van der Waals surface area contributed by atoms with Crippen LogP contribution in [0.2, 0.25) is 0 Å². The van der Waals surface area contributed by atoms with Crippen molar-refractivity contribution >= 4 is 21.8 Å². The number of ether oxygens (including phenoxy) is 1. The lowest BCUT2D eigenvalue weighted by Crippen LogP contribution is -2.26. The highest BCUT2D eigenvalue weighted by Gasteiger charge is 2.13. The predicted octanol–water partition coefficient (Wildman–Crippen LogP) is 4.12. The van der Waals surface area contributed by atoms with Crippen molar-refractivity contribution < 1.29 is 9.53 Å². The van der Waals surface area contributed by atoms with Crippen LogP contribution < -0.4 is 4.74 Å². The first-order valence-corrected chi connectivity index (χ1v) is 7.63. The molecule has 110 valence electrons. The van der Waals surface area contributed by atoms with Gasteiger partial charge in [-0.15, -0.1) is 0 Å². The van der Waals surface area contributed by atoms with Crippen molar-refractivity contribution in [2.75, 3.05) is 13.7 Å². The summed E-state index contributed by atoms with van der Waals surface area (Å²) in [7, 11) is 1.81. The van der Waals surface area contributed by atoms with Gasteiger partial charge in [0.1, 0.15) is 5.75 Å². The highest BCUT2D eigenvalue weighted by molar-refractivity contribution is 9.10. The van der Waals surface area contributed by atoms with Gasteiger partial charge in [0.05, 0.1) is 11.1 Å². The number of nitrogens with zero attached hydrogens (tertiary/aromatic N) is 1. The van der Waals surface area contributed by atoms with Crippen molar-refractivity contribution in [3.63, 3.8) is 0 Å². The first-order valence-electron chi connectivity index (χ1n) is 6.83. The van der Waals surface area contributed by atoms with Gasteiger partial charge in [0.25, 0.3) is 5.91 Å². The average Bonchev–Trinajstić information content (AvgIpc) is 2.49. The minimum atomic E-state index is -0.0115. The first-order chi connectivity index (χ1) is 10.1. The van der Waals surface area contributed by atoms with Gasteiger partial charge in [0.2, 0.25) is 0 Å². The summed E-state index contributed by atoms with van der Waals surface area (Å²) in [5.74, 6) is 0.738. The summed E-state index contributed by atoms with van der Waals surface area (Å²) in [5, 5.41) is 0. The summed E-state index contributed by atoms with van der Waals surface area (Å²) in [6, 6.07) is 15.3. The van der Waals surface area contributed by atoms with Gasteiger partial charge in [0.15, 0.2) is 0 Å². The Morgan fingerprint density at radius 2 is 1.90 bits per heavy atom. The number of carbonyl (C=O) groups is 1. The number of hydrogen-bond donors (Lipinski definition) is 0. The van der Waals surface area contributed by atoms with E-state index in [1.54, 1.807) is 24.1 Å². The Morgan fingerprint density at radius 3 is 2.52 bits per heavy atom. The third kappa shape index (κ3) is 4.08. The van der Waals surface area contributed by atoms with Gasteiger partial charge in [-0.3, -0.25) is 4.79 Å². The second-order valence-corrected chi connectivity index (χ2v) is 5.58. The molecule has 0 saturated carbocycles. The highest BCUT2D eigenvalue weighted by atomic mass is 79.9. The van der Waals surface area contributed by atoms with E-state index in [1.165, 1.54) is 0 Å². The van der Waals surface area contributed by atoms with Gasteiger partial charge in [-0.1, -0.05) is 30.3 Å². The number of benzene rings is 2. The molecule has 0 atom stereocenters. The SMILES string of the molecule is CCOc1ccc(C(=O)N(C)Cc2ccccc2)cc1Br. The second kappa shape index (κ2) is 7.27. The van der Waals surface area contributed by atoms with Crippen molar-refractivity contribution in [3.8, 4) is 5.75 Å². The maximum absolute atomic E-state index is 12.4. The fourth-order valence-electron chi connectivity index (χ4n) is 2.06. The number of rotatable bonds is 5. The molecule has 2 aromatic carbocycles. The molecule has 0 aliphatic heterocycles. The molecule has 0 aliphatic rings. The molecule has 0 radical (unpaired) electrons. The van der Waals surface area contributed by atoms with Crippen LogP contribution in [0.15, 0.2) is 53.0 Å². The Kier molecular flexibility index (Phi) is 5.39. The zero-order chi connectivity index (χ0) is 15.2. The average molecular weight is 348 g/mol. The van der Waals surface area contributed by atoms with Gasteiger partial charge < -0.3 is 9.64 Å². The van der Waals surface area contributed by atoms with Crippen LogP contribution in [0.25, 0.3) is 0 Å². The molecule has 0 spiro atoms. The summed E-state index contributed by atoms with van der Waals surface area (Å²) in [5.41, 5.74) is 1.75. The molecule has 0 fully saturated rings. The third-order valence-corrected chi connectivity index (χ3v) is 3.71. The predicted molar refractivity (Wildman–Crippen MR) is 87.6 cm³/mol. The molecule has 2 aromatic rings. The van der Waals surface area contributed by atoms with E-state index in [0.29, 0.717) is 18.7 Å². The van der Waals surface area contributed by atoms with E-state index in [2.05, 4.69) is 15.9 Å². The molecule has 0 N–H and O–H groups in total. The Labute approximate surface area is 133 Å². The van der Waals surface area contributed by atoms with E-state index in [1.807, 2.05) is 43.3 Å². The normalized spacial score (nSPS) is 10.2. The van der Waals surface area contributed by atoms with Gasteiger partial charge >= 0.3 is 0 Å². The van der Waals surface area contributed by atoms with Crippen LogP contribution in [-0.4, -0.2) is 24.5 Å². The number of amides is 1. The summed E-state index contributed by atoms with van der Waals surface area (Å²) in [6.45, 7) is 3.11. The van der Waals surface area contributed by atoms with Crippen molar-refractivity contribution in [1.29, 1.82) is 0 Å². The first kappa shape index (κ1) is 15.6. The summed E-state index contributed by atoms with van der Waals surface area (Å²) < 4.78 is 6.25. The fraction of sp³-hybridized carbons (Fsp3) is 0.235. The van der Waals surface area contributed by atoms with E-state index in [0.717, 1.165) is 15.8 Å². The van der Waals surface area contributed by atoms with Crippen LogP contribution >= 0.6 is 15.9 Å². The van der Waals surface area contributed by atoms with Gasteiger partial charge in [-0.2, -0.15) is 0 Å². The highest BCUT2D eigenvalue weighted by Crippen LogP contribution is 2.26. The molecule has 0 aromatic heterocycles. The maximum Gasteiger partial charge on any atom is 0.253 e. The molecular weight excluding hydrogens is 330 g/mol. The number of halogens is 1. The smallest absolute Gasteiger partial charge is 0.253 e. The Morgan fingerprint density at radius 1 is 1.19 bits per heavy atom. The van der Waals surface area contributed by atoms with E-state index >= 15 is 0 Å². The standard InChI is InChI=1S/C17H18BrNO2/c1-3-21-16-10-9-14(11-15(16)18)17(20)19(2)12-13-7-5-4-6-8-13/h4-11H,3,12H2,1-2H3. The van der Waals surface area contributed by atoms with Gasteiger partial charge in [-0.05, 0) is 46.6 Å². The molecule has 2 rings (SSSR count). The lowest BCUT2D eigenvalue weighted by Gasteiger charge is -2.18. The van der Waals surface area contributed by atoms with E-state index in [4.69, 9.17) is 4.74 Å². The van der Waals surface area contributed by atoms with Crippen molar-refractivity contribution in [2.45, 2.75) is 13.5 Å². The molecule has 0 saturated heterocycles. The van der Waals surface area contributed by atoms with Crippen LogP contribution in [0.3, 0.4) is 0 Å². The monoisotopic (exact) mass is 347 g/mol. The molecular formula is C17H18BrNO2. The minimum Gasteiger partial charge on any atom is -0.493 e.